The molecule has 0 aliphatic heterocycles. The molecule has 4 heteroatoms. The predicted molar refractivity (Wildman–Crippen MR) is 81.5 cm³/mol. The highest BCUT2D eigenvalue weighted by Gasteiger charge is 2.05. The van der Waals surface area contributed by atoms with Gasteiger partial charge >= 0.3 is 0 Å². The topological polar surface area (TPSA) is 38.3 Å². The Bertz CT molecular complexity index is 444. The second kappa shape index (κ2) is 10.1. The van der Waals surface area contributed by atoms with E-state index < -0.39 is 0 Å². The molecule has 1 rings (SSSR count). The van der Waals surface area contributed by atoms with Crippen molar-refractivity contribution in [3.63, 3.8) is 0 Å². The summed E-state index contributed by atoms with van der Waals surface area (Å²) in [6, 6.07) is 4.49. The molecular weight excluding hydrogens is 257 g/mol. The number of allylic oxidation sites excluding steroid dienone is 1. The lowest BCUT2D eigenvalue weighted by atomic mass is 10.1. The molecule has 0 aliphatic rings. The van der Waals surface area contributed by atoms with Crippen molar-refractivity contribution >= 4 is 11.9 Å². The number of hydrogen-bond donors (Lipinski definition) is 1. The molecule has 0 aliphatic carbocycles. The minimum Gasteiger partial charge on any atom is -0.489 e. The molecule has 0 bridgehead atoms. The van der Waals surface area contributed by atoms with Crippen molar-refractivity contribution in [3.8, 4) is 5.75 Å². The van der Waals surface area contributed by atoms with Crippen molar-refractivity contribution in [2.75, 3.05) is 13.6 Å². The molecule has 0 amide bonds. The number of likely N-dealkylation sites (N-methyl/N-ethyl adjacent to an activating group) is 1. The van der Waals surface area contributed by atoms with Gasteiger partial charge in [0.1, 0.15) is 17.7 Å². The third-order valence-corrected chi connectivity index (χ3v) is 2.29. The van der Waals surface area contributed by atoms with Crippen LogP contribution in [0.15, 0.2) is 24.3 Å². The van der Waals surface area contributed by atoms with Gasteiger partial charge in [-0.25, -0.2) is 4.39 Å². The zero-order chi connectivity index (χ0) is 15.5. The first kappa shape index (κ1) is 18.3. The number of rotatable bonds is 6. The van der Waals surface area contributed by atoms with Crippen LogP contribution >= 0.6 is 0 Å². The van der Waals surface area contributed by atoms with E-state index in [1.54, 1.807) is 12.1 Å². The molecule has 20 heavy (non-hydrogen) atoms. The fourth-order valence-corrected chi connectivity index (χ4v) is 1.49. The highest BCUT2D eigenvalue weighted by Crippen LogP contribution is 2.19. The van der Waals surface area contributed by atoms with Gasteiger partial charge in [0.2, 0.25) is 0 Å². The van der Waals surface area contributed by atoms with Gasteiger partial charge in [-0.1, -0.05) is 13.8 Å². The van der Waals surface area contributed by atoms with Gasteiger partial charge in [-0.15, -0.1) is 0 Å². The van der Waals surface area contributed by atoms with Crippen LogP contribution in [0.3, 0.4) is 0 Å². The fraction of sp³-hybridized carbons (Fsp3) is 0.438. The van der Waals surface area contributed by atoms with Gasteiger partial charge in [0.25, 0.3) is 0 Å². The van der Waals surface area contributed by atoms with E-state index in [0.717, 1.165) is 0 Å². The van der Waals surface area contributed by atoms with E-state index in [4.69, 9.17) is 4.74 Å². The molecular formula is C16H24FNO2. The van der Waals surface area contributed by atoms with Gasteiger partial charge in [-0.05, 0) is 51.2 Å². The van der Waals surface area contributed by atoms with E-state index in [-0.39, 0.29) is 17.7 Å². The zero-order valence-electron chi connectivity index (χ0n) is 12.9. The van der Waals surface area contributed by atoms with E-state index in [1.807, 2.05) is 27.8 Å². The standard InChI is InChI=1S/C14H18FNO2.C2H6/c1-10(17)4-5-12-8-13(6-7-14(12)15)18-11(2)9-16-3;1-2/h4-8,11,16H,9H2,1-3H3;1-2H3/b5-4+;. The average Bonchev–Trinajstić information content (AvgIpc) is 2.42. The first-order valence-electron chi connectivity index (χ1n) is 6.82. The fourth-order valence-electron chi connectivity index (χ4n) is 1.49. The predicted octanol–water partition coefficient (Wildman–Crippen LogP) is 3.44. The normalized spacial score (nSPS) is 11.7. The van der Waals surface area contributed by atoms with Crippen LogP contribution in [0.5, 0.6) is 5.75 Å². The number of benzene rings is 1. The lowest BCUT2D eigenvalue weighted by molar-refractivity contribution is -0.112. The molecule has 1 N–H and O–H groups in total. The highest BCUT2D eigenvalue weighted by atomic mass is 19.1. The Morgan fingerprint density at radius 3 is 2.65 bits per heavy atom. The molecule has 0 aromatic heterocycles. The largest absolute Gasteiger partial charge is 0.489 e. The Labute approximate surface area is 120 Å². The molecule has 0 spiro atoms. The number of halogens is 1. The number of nitrogens with one attached hydrogen (secondary N) is 1. The summed E-state index contributed by atoms with van der Waals surface area (Å²) in [5, 5.41) is 3.00. The van der Waals surface area contributed by atoms with Crippen molar-refractivity contribution in [3.05, 3.63) is 35.7 Å². The summed E-state index contributed by atoms with van der Waals surface area (Å²) in [6.07, 6.45) is 2.78. The average molecular weight is 281 g/mol. The van der Waals surface area contributed by atoms with Crippen LogP contribution in [0, 0.1) is 5.82 Å². The molecule has 0 heterocycles. The minimum absolute atomic E-state index is 0.00917. The second-order valence-corrected chi connectivity index (χ2v) is 4.11. The van der Waals surface area contributed by atoms with Crippen molar-refractivity contribution in [2.24, 2.45) is 0 Å². The van der Waals surface area contributed by atoms with Gasteiger partial charge < -0.3 is 10.1 Å². The van der Waals surface area contributed by atoms with Crippen molar-refractivity contribution in [1.29, 1.82) is 0 Å². The third kappa shape index (κ3) is 7.04. The van der Waals surface area contributed by atoms with Crippen LogP contribution in [0.4, 0.5) is 4.39 Å². The number of carbonyl (C=O) groups is 1. The molecule has 0 fully saturated rings. The Morgan fingerprint density at radius 2 is 2.10 bits per heavy atom. The Balaban J connectivity index is 0.00000172. The second-order valence-electron chi connectivity index (χ2n) is 4.11. The monoisotopic (exact) mass is 281 g/mol. The molecule has 1 aromatic carbocycles. The molecule has 3 nitrogen and oxygen atoms in total. The Hall–Kier alpha value is -1.68. The molecule has 1 unspecified atom stereocenters. The lowest BCUT2D eigenvalue weighted by Crippen LogP contribution is -2.26. The summed E-state index contributed by atoms with van der Waals surface area (Å²) in [5.41, 5.74) is 0.347. The lowest BCUT2D eigenvalue weighted by Gasteiger charge is -2.14. The van der Waals surface area contributed by atoms with E-state index in [9.17, 15) is 9.18 Å². The first-order chi connectivity index (χ1) is 9.52. The molecule has 0 radical (unpaired) electrons. The van der Waals surface area contributed by atoms with Gasteiger partial charge in [0, 0.05) is 12.1 Å². The van der Waals surface area contributed by atoms with Gasteiger partial charge in [0.05, 0.1) is 0 Å². The van der Waals surface area contributed by atoms with Crippen molar-refractivity contribution in [1.82, 2.24) is 5.32 Å². The maximum Gasteiger partial charge on any atom is 0.152 e. The molecule has 0 saturated carbocycles. The molecule has 1 atom stereocenters. The van der Waals surface area contributed by atoms with E-state index in [0.29, 0.717) is 17.9 Å². The van der Waals surface area contributed by atoms with Crippen LogP contribution in [-0.4, -0.2) is 25.5 Å². The first-order valence-corrected chi connectivity index (χ1v) is 6.82. The van der Waals surface area contributed by atoms with Gasteiger partial charge in [-0.2, -0.15) is 0 Å². The Morgan fingerprint density at radius 1 is 1.45 bits per heavy atom. The Kier molecular flexibility index (Phi) is 9.30. The van der Waals surface area contributed by atoms with Gasteiger partial charge in [-0.3, -0.25) is 4.79 Å². The van der Waals surface area contributed by atoms with Crippen molar-refractivity contribution in [2.45, 2.75) is 33.8 Å². The SMILES string of the molecule is CC.CNCC(C)Oc1ccc(F)c(/C=C/C(C)=O)c1. The molecule has 0 saturated heterocycles. The molecule has 1 aromatic rings. The summed E-state index contributed by atoms with van der Waals surface area (Å²) < 4.78 is 19.1. The number of ketones is 1. The maximum absolute atomic E-state index is 13.5. The summed E-state index contributed by atoms with van der Waals surface area (Å²) in [7, 11) is 1.84. The van der Waals surface area contributed by atoms with Gasteiger partial charge in [0.15, 0.2) is 5.78 Å². The number of carbonyl (C=O) groups excluding carboxylic acids is 1. The zero-order valence-corrected chi connectivity index (χ0v) is 12.9. The summed E-state index contributed by atoms with van der Waals surface area (Å²) in [6.45, 7) is 8.05. The van der Waals surface area contributed by atoms with E-state index in [1.165, 1.54) is 25.1 Å². The minimum atomic E-state index is -0.374. The van der Waals surface area contributed by atoms with Crippen molar-refractivity contribution < 1.29 is 13.9 Å². The number of ether oxygens (including phenoxy) is 1. The maximum atomic E-state index is 13.5. The smallest absolute Gasteiger partial charge is 0.152 e. The highest BCUT2D eigenvalue weighted by molar-refractivity contribution is 5.91. The summed E-state index contributed by atoms with van der Waals surface area (Å²) in [5.74, 6) is 0.0905. The summed E-state index contributed by atoms with van der Waals surface area (Å²) in [4.78, 5) is 10.8. The number of hydrogen-bond acceptors (Lipinski definition) is 3. The van der Waals surface area contributed by atoms with Crippen LogP contribution in [0.25, 0.3) is 6.08 Å². The van der Waals surface area contributed by atoms with Crippen LogP contribution in [0.2, 0.25) is 0 Å². The van der Waals surface area contributed by atoms with Crippen LogP contribution < -0.4 is 10.1 Å². The molecule has 112 valence electrons. The van der Waals surface area contributed by atoms with E-state index in [2.05, 4.69) is 5.32 Å². The quantitative estimate of drug-likeness (QED) is 0.812. The summed E-state index contributed by atoms with van der Waals surface area (Å²) >= 11 is 0. The van der Waals surface area contributed by atoms with Crippen LogP contribution in [0.1, 0.15) is 33.3 Å². The third-order valence-electron chi connectivity index (χ3n) is 2.29. The van der Waals surface area contributed by atoms with E-state index >= 15 is 0 Å². The van der Waals surface area contributed by atoms with Crippen LogP contribution in [-0.2, 0) is 4.79 Å².